The van der Waals surface area contributed by atoms with Gasteiger partial charge < -0.3 is 9.84 Å². The standard InChI is InChI=1S/C38H62O4/c1-9-10-11-12-13-14-23-42-32(41)35(5)20-19-34(4)21-22-37(7)26(27(34)25-35)24-28(39)31-36(6)17-16-30(40)33(2,3)29(36)15-18-38(31,37)8/h24,27,29-31,40H,9-23,25H2,1-8H3/t27-,29-,30-,31+,34+,35-,36-,37+,38+/m0/s1. The molecule has 0 heterocycles. The van der Waals surface area contributed by atoms with Crippen molar-refractivity contribution in [2.75, 3.05) is 6.61 Å². The molecule has 0 aromatic carbocycles. The van der Waals surface area contributed by atoms with Crippen molar-refractivity contribution >= 4 is 11.8 Å². The summed E-state index contributed by atoms with van der Waals surface area (Å²) in [5, 5.41) is 11.0. The van der Waals surface area contributed by atoms with Gasteiger partial charge in [0.05, 0.1) is 18.1 Å². The lowest BCUT2D eigenvalue weighted by Gasteiger charge is -2.70. The van der Waals surface area contributed by atoms with E-state index in [1.807, 2.05) is 0 Å². The molecule has 0 radical (unpaired) electrons. The maximum absolute atomic E-state index is 14.5. The molecule has 42 heavy (non-hydrogen) atoms. The normalized spacial score (nSPS) is 46.0. The molecule has 1 N–H and O–H groups in total. The van der Waals surface area contributed by atoms with E-state index in [2.05, 4.69) is 61.5 Å². The molecule has 5 aliphatic rings. The number of carbonyl (C=O) groups is 2. The molecular formula is C38H62O4. The minimum Gasteiger partial charge on any atom is -0.465 e. The fraction of sp³-hybridized carbons (Fsp3) is 0.895. The summed E-state index contributed by atoms with van der Waals surface area (Å²) in [6, 6.07) is 0. The van der Waals surface area contributed by atoms with Crippen LogP contribution in [-0.2, 0) is 14.3 Å². The van der Waals surface area contributed by atoms with E-state index in [9.17, 15) is 14.7 Å². The van der Waals surface area contributed by atoms with E-state index in [0.29, 0.717) is 18.3 Å². The second-order valence-electron chi connectivity index (χ2n) is 17.5. The Morgan fingerprint density at radius 1 is 0.881 bits per heavy atom. The molecule has 0 aromatic rings. The van der Waals surface area contributed by atoms with E-state index in [1.54, 1.807) is 0 Å². The lowest BCUT2D eigenvalue weighted by atomic mass is 9.33. The van der Waals surface area contributed by atoms with Gasteiger partial charge in [0, 0.05) is 5.92 Å². The van der Waals surface area contributed by atoms with Crippen LogP contribution >= 0.6 is 0 Å². The SMILES string of the molecule is CCCCCCCCOC(=O)[C@@]1(C)CC[C@]2(C)CC[C@]3(C)C(=CC(=O)[C@@H]4[C@@]5(C)CC[C@H](O)C(C)(C)[C@@H]5CC[C@]43C)[C@@H]2C1. The van der Waals surface area contributed by atoms with Crippen LogP contribution in [-0.4, -0.2) is 29.6 Å². The van der Waals surface area contributed by atoms with E-state index in [4.69, 9.17) is 4.74 Å². The van der Waals surface area contributed by atoms with Crippen molar-refractivity contribution in [2.24, 2.45) is 50.2 Å². The van der Waals surface area contributed by atoms with Crippen LogP contribution in [0.1, 0.15) is 152 Å². The Bertz CT molecular complexity index is 1090. The number of hydrogen-bond acceptors (Lipinski definition) is 4. The largest absolute Gasteiger partial charge is 0.465 e. The molecule has 0 unspecified atom stereocenters. The zero-order chi connectivity index (χ0) is 30.8. The number of aliphatic hydroxyl groups excluding tert-OH is 1. The smallest absolute Gasteiger partial charge is 0.311 e. The van der Waals surface area contributed by atoms with E-state index in [0.717, 1.165) is 70.6 Å². The summed E-state index contributed by atoms with van der Waals surface area (Å²) in [4.78, 5) is 28.1. The van der Waals surface area contributed by atoms with E-state index >= 15 is 0 Å². The van der Waals surface area contributed by atoms with Crippen molar-refractivity contribution in [2.45, 2.75) is 158 Å². The van der Waals surface area contributed by atoms with Crippen LogP contribution in [0.5, 0.6) is 0 Å². The van der Waals surface area contributed by atoms with Crippen LogP contribution in [0.25, 0.3) is 0 Å². The molecule has 4 nitrogen and oxygen atoms in total. The number of aliphatic hydroxyl groups is 1. The molecule has 4 heteroatoms. The van der Waals surface area contributed by atoms with Gasteiger partial charge in [0.1, 0.15) is 0 Å². The monoisotopic (exact) mass is 582 g/mol. The molecule has 0 amide bonds. The molecule has 0 aliphatic heterocycles. The number of esters is 1. The Morgan fingerprint density at radius 3 is 2.26 bits per heavy atom. The van der Waals surface area contributed by atoms with Crippen LogP contribution in [0.4, 0.5) is 0 Å². The van der Waals surface area contributed by atoms with E-state index in [1.165, 1.54) is 31.3 Å². The number of unbranched alkanes of at least 4 members (excludes halogenated alkanes) is 5. The van der Waals surface area contributed by atoms with Crippen LogP contribution in [0.15, 0.2) is 11.6 Å². The van der Waals surface area contributed by atoms with E-state index in [-0.39, 0.29) is 51.0 Å². The predicted octanol–water partition coefficient (Wildman–Crippen LogP) is 9.23. The number of ether oxygens (including phenoxy) is 1. The van der Waals surface area contributed by atoms with Crippen LogP contribution in [0, 0.1) is 50.2 Å². The molecule has 0 bridgehead atoms. The van der Waals surface area contributed by atoms with Crippen molar-refractivity contribution in [3.05, 3.63) is 11.6 Å². The first-order chi connectivity index (χ1) is 19.6. The Hall–Kier alpha value is -1.16. The quantitative estimate of drug-likeness (QED) is 0.229. The van der Waals surface area contributed by atoms with E-state index < -0.39 is 5.41 Å². The van der Waals surface area contributed by atoms with Crippen molar-refractivity contribution in [1.29, 1.82) is 0 Å². The maximum atomic E-state index is 14.5. The summed E-state index contributed by atoms with van der Waals surface area (Å²) < 4.78 is 5.95. The Labute approximate surface area is 257 Å². The highest BCUT2D eigenvalue weighted by atomic mass is 16.5. The molecule has 4 fully saturated rings. The summed E-state index contributed by atoms with van der Waals surface area (Å²) >= 11 is 0. The molecule has 0 spiro atoms. The molecular weight excluding hydrogens is 520 g/mol. The number of fused-ring (bicyclic) bond motifs is 7. The molecule has 0 aromatic heterocycles. The fourth-order valence-electron chi connectivity index (χ4n) is 11.6. The van der Waals surface area contributed by atoms with Crippen LogP contribution in [0.3, 0.4) is 0 Å². The van der Waals surface area contributed by atoms with Crippen molar-refractivity contribution in [3.63, 3.8) is 0 Å². The second kappa shape index (κ2) is 11.0. The van der Waals surface area contributed by atoms with Crippen molar-refractivity contribution in [3.8, 4) is 0 Å². The average molecular weight is 583 g/mol. The number of rotatable bonds is 8. The lowest BCUT2D eigenvalue weighted by molar-refractivity contribution is -0.202. The number of hydrogen-bond donors (Lipinski definition) is 1. The highest BCUT2D eigenvalue weighted by molar-refractivity contribution is 5.95. The van der Waals surface area contributed by atoms with Crippen molar-refractivity contribution in [1.82, 2.24) is 0 Å². The summed E-state index contributed by atoms with van der Waals surface area (Å²) in [5.41, 5.74) is 0.569. The lowest BCUT2D eigenvalue weighted by Crippen LogP contribution is -2.66. The van der Waals surface area contributed by atoms with Crippen LogP contribution < -0.4 is 0 Å². The topological polar surface area (TPSA) is 63.6 Å². The van der Waals surface area contributed by atoms with Gasteiger partial charge in [0.2, 0.25) is 0 Å². The Kier molecular flexibility index (Phi) is 8.46. The van der Waals surface area contributed by atoms with Crippen LogP contribution in [0.2, 0.25) is 0 Å². The van der Waals surface area contributed by atoms with Gasteiger partial charge in [0.15, 0.2) is 5.78 Å². The molecule has 9 atom stereocenters. The minimum absolute atomic E-state index is 0.00843. The molecule has 238 valence electrons. The number of allylic oxidation sites excluding steroid dienone is 2. The van der Waals surface area contributed by atoms with Gasteiger partial charge in [-0.2, -0.15) is 0 Å². The van der Waals surface area contributed by atoms with Gasteiger partial charge in [-0.05, 0) is 116 Å². The molecule has 4 saturated carbocycles. The fourth-order valence-corrected chi connectivity index (χ4v) is 11.6. The molecule has 5 aliphatic carbocycles. The van der Waals surface area contributed by atoms with Gasteiger partial charge in [-0.3, -0.25) is 9.59 Å². The summed E-state index contributed by atoms with van der Waals surface area (Å²) in [6.07, 6.45) is 17.7. The zero-order valence-corrected chi connectivity index (χ0v) is 28.4. The third-order valence-electron chi connectivity index (χ3n) is 14.8. The minimum atomic E-state index is -0.487. The first kappa shape index (κ1) is 32.2. The highest BCUT2D eigenvalue weighted by Crippen LogP contribution is 2.75. The number of carbonyl (C=O) groups excluding carboxylic acids is 2. The third kappa shape index (κ3) is 4.78. The van der Waals surface area contributed by atoms with Crippen molar-refractivity contribution < 1.29 is 19.4 Å². The average Bonchev–Trinajstić information content (AvgIpc) is 2.92. The second-order valence-corrected chi connectivity index (χ2v) is 17.5. The summed E-state index contributed by atoms with van der Waals surface area (Å²) in [7, 11) is 0. The van der Waals surface area contributed by atoms with Gasteiger partial charge in [-0.15, -0.1) is 0 Å². The predicted molar refractivity (Wildman–Crippen MR) is 170 cm³/mol. The first-order valence-electron chi connectivity index (χ1n) is 17.7. The van der Waals surface area contributed by atoms with Gasteiger partial charge in [0.25, 0.3) is 0 Å². The molecule has 5 rings (SSSR count). The Morgan fingerprint density at radius 2 is 1.55 bits per heavy atom. The summed E-state index contributed by atoms with van der Waals surface area (Å²) in [6.45, 7) is 19.1. The number of ketones is 1. The molecule has 0 saturated heterocycles. The van der Waals surface area contributed by atoms with Gasteiger partial charge in [-0.25, -0.2) is 0 Å². The third-order valence-corrected chi connectivity index (χ3v) is 14.8. The maximum Gasteiger partial charge on any atom is 0.311 e. The summed E-state index contributed by atoms with van der Waals surface area (Å²) in [5.74, 6) is 0.890. The first-order valence-corrected chi connectivity index (χ1v) is 17.7. The highest BCUT2D eigenvalue weighted by Gasteiger charge is 2.70. The van der Waals surface area contributed by atoms with Gasteiger partial charge in [-0.1, -0.05) is 86.1 Å². The van der Waals surface area contributed by atoms with Gasteiger partial charge >= 0.3 is 5.97 Å². The zero-order valence-electron chi connectivity index (χ0n) is 28.4. The Balaban J connectivity index is 1.40.